The second-order valence-electron chi connectivity index (χ2n) is 5.74. The van der Waals surface area contributed by atoms with Crippen LogP contribution in [-0.4, -0.2) is 41.1 Å². The molecule has 0 unspecified atom stereocenters. The van der Waals surface area contributed by atoms with Gasteiger partial charge in [-0.1, -0.05) is 6.92 Å². The van der Waals surface area contributed by atoms with Gasteiger partial charge in [0.1, 0.15) is 0 Å². The molecule has 4 heteroatoms. The van der Waals surface area contributed by atoms with E-state index in [1.54, 1.807) is 7.11 Å². The first kappa shape index (κ1) is 12.9. The van der Waals surface area contributed by atoms with Crippen LogP contribution in [0.15, 0.2) is 6.20 Å². The Morgan fingerprint density at radius 3 is 3.11 bits per heavy atom. The van der Waals surface area contributed by atoms with E-state index in [0.717, 1.165) is 18.8 Å². The van der Waals surface area contributed by atoms with Gasteiger partial charge in [0.05, 0.1) is 12.8 Å². The van der Waals surface area contributed by atoms with Crippen molar-refractivity contribution < 1.29 is 4.74 Å². The van der Waals surface area contributed by atoms with E-state index in [9.17, 15) is 0 Å². The van der Waals surface area contributed by atoms with E-state index in [4.69, 9.17) is 4.74 Å². The SMILES string of the molecule is CCCN1CCC[C@@H]2Cc3nc(OC)ncc3C[C@H]21. The van der Waals surface area contributed by atoms with E-state index in [2.05, 4.69) is 21.8 Å². The van der Waals surface area contributed by atoms with Gasteiger partial charge in [0.15, 0.2) is 0 Å². The van der Waals surface area contributed by atoms with Crippen LogP contribution >= 0.6 is 0 Å². The van der Waals surface area contributed by atoms with E-state index in [1.165, 1.54) is 43.6 Å². The Kier molecular flexibility index (Phi) is 3.69. The highest BCUT2D eigenvalue weighted by molar-refractivity contribution is 5.25. The quantitative estimate of drug-likeness (QED) is 0.835. The van der Waals surface area contributed by atoms with Crippen molar-refractivity contribution >= 4 is 0 Å². The summed E-state index contributed by atoms with van der Waals surface area (Å²) in [5.74, 6) is 0.771. The largest absolute Gasteiger partial charge is 0.467 e. The fourth-order valence-corrected chi connectivity index (χ4v) is 3.65. The fraction of sp³-hybridized carbons (Fsp3) is 0.733. The molecule has 2 aliphatic rings. The summed E-state index contributed by atoms with van der Waals surface area (Å²) < 4.78 is 5.14. The number of hydrogen-bond acceptors (Lipinski definition) is 4. The summed E-state index contributed by atoms with van der Waals surface area (Å²) in [7, 11) is 1.64. The average Bonchev–Trinajstić information content (AvgIpc) is 2.45. The van der Waals surface area contributed by atoms with Gasteiger partial charge in [-0.05, 0) is 56.7 Å². The van der Waals surface area contributed by atoms with Crippen LogP contribution < -0.4 is 4.74 Å². The summed E-state index contributed by atoms with van der Waals surface area (Å²) in [6.07, 6.45) is 8.10. The summed E-state index contributed by atoms with van der Waals surface area (Å²) >= 11 is 0. The maximum absolute atomic E-state index is 5.14. The van der Waals surface area contributed by atoms with Crippen LogP contribution in [-0.2, 0) is 12.8 Å². The molecule has 3 rings (SSSR count). The summed E-state index contributed by atoms with van der Waals surface area (Å²) in [5.41, 5.74) is 2.54. The van der Waals surface area contributed by atoms with E-state index < -0.39 is 0 Å². The fourth-order valence-electron chi connectivity index (χ4n) is 3.65. The van der Waals surface area contributed by atoms with Crippen molar-refractivity contribution in [3.05, 3.63) is 17.5 Å². The minimum atomic E-state index is 0.512. The summed E-state index contributed by atoms with van der Waals surface area (Å²) in [5, 5.41) is 0. The number of ether oxygens (including phenoxy) is 1. The van der Waals surface area contributed by atoms with E-state index in [1.807, 2.05) is 6.20 Å². The van der Waals surface area contributed by atoms with Crippen molar-refractivity contribution in [2.24, 2.45) is 5.92 Å². The number of hydrogen-bond donors (Lipinski definition) is 0. The van der Waals surface area contributed by atoms with Crippen LogP contribution in [0.2, 0.25) is 0 Å². The van der Waals surface area contributed by atoms with Gasteiger partial charge < -0.3 is 4.74 Å². The summed E-state index contributed by atoms with van der Waals surface area (Å²) in [6, 6.07) is 1.22. The second-order valence-corrected chi connectivity index (χ2v) is 5.74. The molecule has 4 nitrogen and oxygen atoms in total. The molecule has 19 heavy (non-hydrogen) atoms. The molecule has 0 radical (unpaired) electrons. The van der Waals surface area contributed by atoms with Gasteiger partial charge >= 0.3 is 6.01 Å². The van der Waals surface area contributed by atoms with Crippen molar-refractivity contribution in [3.8, 4) is 6.01 Å². The van der Waals surface area contributed by atoms with Crippen molar-refractivity contribution in [2.45, 2.75) is 45.1 Å². The highest BCUT2D eigenvalue weighted by Crippen LogP contribution is 2.34. The third kappa shape index (κ3) is 2.46. The zero-order valence-electron chi connectivity index (χ0n) is 11.9. The molecule has 1 aromatic heterocycles. The Bertz CT molecular complexity index is 447. The molecule has 104 valence electrons. The lowest BCUT2D eigenvalue weighted by Gasteiger charge is -2.44. The molecule has 0 aromatic carbocycles. The number of piperidine rings is 1. The van der Waals surface area contributed by atoms with Crippen LogP contribution in [0.25, 0.3) is 0 Å². The first-order chi connectivity index (χ1) is 9.31. The molecule has 1 saturated heterocycles. The monoisotopic (exact) mass is 261 g/mol. The normalized spacial score (nSPS) is 26.6. The molecule has 1 aliphatic carbocycles. The van der Waals surface area contributed by atoms with Gasteiger partial charge in [0, 0.05) is 12.2 Å². The zero-order valence-corrected chi connectivity index (χ0v) is 11.9. The third-order valence-corrected chi connectivity index (χ3v) is 4.54. The molecule has 0 spiro atoms. The van der Waals surface area contributed by atoms with Gasteiger partial charge in [-0.3, -0.25) is 4.90 Å². The van der Waals surface area contributed by atoms with Crippen LogP contribution in [0.1, 0.15) is 37.4 Å². The number of methoxy groups -OCH3 is 1. The highest BCUT2D eigenvalue weighted by Gasteiger charge is 2.35. The number of aromatic nitrogens is 2. The van der Waals surface area contributed by atoms with Crippen LogP contribution in [0.4, 0.5) is 0 Å². The lowest BCUT2D eigenvalue weighted by molar-refractivity contribution is 0.0842. The Morgan fingerprint density at radius 2 is 2.32 bits per heavy atom. The van der Waals surface area contributed by atoms with Crippen molar-refractivity contribution in [3.63, 3.8) is 0 Å². The Morgan fingerprint density at radius 1 is 1.42 bits per heavy atom. The number of rotatable bonds is 3. The highest BCUT2D eigenvalue weighted by atomic mass is 16.5. The van der Waals surface area contributed by atoms with E-state index in [0.29, 0.717) is 12.1 Å². The molecule has 2 atom stereocenters. The van der Waals surface area contributed by atoms with Gasteiger partial charge in [0.2, 0.25) is 0 Å². The van der Waals surface area contributed by atoms with Crippen LogP contribution in [0.3, 0.4) is 0 Å². The standard InChI is InChI=1S/C15H23N3O/c1-3-6-18-7-4-5-11-8-13-12(9-14(11)18)10-16-15(17-13)19-2/h10-11,14H,3-9H2,1-2H3/t11-,14-/m1/s1. The maximum atomic E-state index is 5.14. The molecular weight excluding hydrogens is 238 g/mol. The number of likely N-dealkylation sites (tertiary alicyclic amines) is 1. The van der Waals surface area contributed by atoms with Gasteiger partial charge in [-0.2, -0.15) is 4.98 Å². The molecule has 1 fully saturated rings. The lowest BCUT2D eigenvalue weighted by Crippen LogP contribution is -2.49. The number of fused-ring (bicyclic) bond motifs is 2. The zero-order chi connectivity index (χ0) is 13.2. The van der Waals surface area contributed by atoms with E-state index in [-0.39, 0.29) is 0 Å². The first-order valence-electron chi connectivity index (χ1n) is 7.44. The molecule has 0 amide bonds. The topological polar surface area (TPSA) is 38.2 Å². The lowest BCUT2D eigenvalue weighted by atomic mass is 9.77. The molecule has 0 N–H and O–H groups in total. The molecule has 1 aromatic rings. The Balaban J connectivity index is 1.84. The Labute approximate surface area is 115 Å². The number of nitrogens with zero attached hydrogens (tertiary/aromatic N) is 3. The summed E-state index contributed by atoms with van der Waals surface area (Å²) in [6.45, 7) is 4.77. The minimum Gasteiger partial charge on any atom is -0.467 e. The molecular formula is C15H23N3O. The molecule has 0 saturated carbocycles. The molecule has 2 heterocycles. The molecule has 1 aliphatic heterocycles. The smallest absolute Gasteiger partial charge is 0.316 e. The van der Waals surface area contributed by atoms with Crippen molar-refractivity contribution in [2.75, 3.05) is 20.2 Å². The predicted molar refractivity (Wildman–Crippen MR) is 74.4 cm³/mol. The third-order valence-electron chi connectivity index (χ3n) is 4.54. The Hall–Kier alpha value is -1.16. The minimum absolute atomic E-state index is 0.512. The first-order valence-corrected chi connectivity index (χ1v) is 7.44. The molecule has 0 bridgehead atoms. The van der Waals surface area contributed by atoms with Gasteiger partial charge in [-0.15, -0.1) is 0 Å². The second kappa shape index (κ2) is 5.45. The van der Waals surface area contributed by atoms with Crippen LogP contribution in [0, 0.1) is 5.92 Å². The predicted octanol–water partition coefficient (Wildman–Crippen LogP) is 2.07. The van der Waals surface area contributed by atoms with Crippen LogP contribution in [0.5, 0.6) is 6.01 Å². The van der Waals surface area contributed by atoms with Gasteiger partial charge in [0.25, 0.3) is 0 Å². The average molecular weight is 261 g/mol. The van der Waals surface area contributed by atoms with E-state index >= 15 is 0 Å². The van der Waals surface area contributed by atoms with Gasteiger partial charge in [-0.25, -0.2) is 4.98 Å². The van der Waals surface area contributed by atoms with Crippen molar-refractivity contribution in [1.82, 2.24) is 14.9 Å². The maximum Gasteiger partial charge on any atom is 0.316 e. The summed E-state index contributed by atoms with van der Waals surface area (Å²) in [4.78, 5) is 11.5. The van der Waals surface area contributed by atoms with Crippen molar-refractivity contribution in [1.29, 1.82) is 0 Å².